The molecule has 0 fully saturated rings. The van der Waals surface area contributed by atoms with E-state index in [1.807, 2.05) is 23.6 Å². The third-order valence-electron chi connectivity index (χ3n) is 6.57. The summed E-state index contributed by atoms with van der Waals surface area (Å²) in [5, 5.41) is 5.76. The van der Waals surface area contributed by atoms with Gasteiger partial charge in [0, 0.05) is 35.0 Å². The maximum Gasteiger partial charge on any atom is 0.259 e. The summed E-state index contributed by atoms with van der Waals surface area (Å²) in [5.74, 6) is 0. The van der Waals surface area contributed by atoms with Gasteiger partial charge in [0.25, 0.3) is 5.56 Å². The smallest absolute Gasteiger partial charge is 0.259 e. The minimum Gasteiger partial charge on any atom is -1.00 e. The van der Waals surface area contributed by atoms with Crippen molar-refractivity contribution in [2.45, 2.75) is 0 Å². The Kier molecular flexibility index (Phi) is 7.03. The van der Waals surface area contributed by atoms with Crippen molar-refractivity contribution in [3.05, 3.63) is 131 Å². The van der Waals surface area contributed by atoms with Crippen LogP contribution >= 0.6 is 18.6 Å². The van der Waals surface area contributed by atoms with Gasteiger partial charge in [-0.2, -0.15) is 0 Å². The highest BCUT2D eigenvalue weighted by Gasteiger charge is 2.42. The average Bonchev–Trinajstić information content (AvgIpc) is 3.39. The van der Waals surface area contributed by atoms with Gasteiger partial charge in [0.2, 0.25) is 0 Å². The van der Waals surface area contributed by atoms with Gasteiger partial charge in [0.1, 0.15) is 23.2 Å². The van der Waals surface area contributed by atoms with Crippen LogP contribution in [-0.4, -0.2) is 21.0 Å². The second-order valence-corrected chi connectivity index (χ2v) is 13.0. The van der Waals surface area contributed by atoms with E-state index in [2.05, 4.69) is 90.5 Å². The van der Waals surface area contributed by atoms with Gasteiger partial charge in [-0.15, -0.1) is 11.3 Å². The maximum atomic E-state index is 13.4. The number of fused-ring (bicyclic) bond motifs is 1. The number of hydrogen-bond acceptors (Lipinski definition) is 4. The molecule has 182 valence electrons. The molecule has 37 heavy (non-hydrogen) atoms. The fourth-order valence-electron chi connectivity index (χ4n) is 4.73. The van der Waals surface area contributed by atoms with Crippen molar-refractivity contribution in [3.8, 4) is 22.5 Å². The quantitative estimate of drug-likeness (QED) is 0.316. The largest absolute Gasteiger partial charge is 1.00 e. The van der Waals surface area contributed by atoms with Crippen LogP contribution in [0.15, 0.2) is 126 Å². The molecule has 0 N–H and O–H groups in total. The topological polar surface area (TPSA) is 47.3 Å². The summed E-state index contributed by atoms with van der Waals surface area (Å²) < 4.78 is 1.68. The summed E-state index contributed by atoms with van der Waals surface area (Å²) in [6.45, 7) is 2.35. The molecule has 0 spiro atoms. The Labute approximate surface area is 226 Å². The summed E-state index contributed by atoms with van der Waals surface area (Å²) in [6, 6.07) is 35.2. The first-order valence-electron chi connectivity index (χ1n) is 11.7. The van der Waals surface area contributed by atoms with Gasteiger partial charge in [0.05, 0.1) is 18.1 Å². The lowest BCUT2D eigenvalue weighted by Gasteiger charge is -2.25. The monoisotopic (exact) mass is 539 g/mol. The summed E-state index contributed by atoms with van der Waals surface area (Å²) in [4.78, 5) is 23.3. The predicted molar refractivity (Wildman–Crippen MR) is 153 cm³/mol. The molecule has 3 aromatic heterocycles. The third kappa shape index (κ3) is 4.40. The molecular weight excluding hydrogens is 517 g/mol. The van der Waals surface area contributed by atoms with Crippen molar-refractivity contribution in [1.29, 1.82) is 0 Å². The van der Waals surface area contributed by atoms with Crippen molar-refractivity contribution < 1.29 is 12.4 Å². The van der Waals surface area contributed by atoms with E-state index in [4.69, 9.17) is 4.98 Å². The maximum absolute atomic E-state index is 13.4. The van der Waals surface area contributed by atoms with E-state index in [-0.39, 0.29) is 18.0 Å². The van der Waals surface area contributed by atoms with Crippen LogP contribution < -0.4 is 33.9 Å². The Morgan fingerprint density at radius 1 is 0.811 bits per heavy atom. The van der Waals surface area contributed by atoms with Crippen LogP contribution in [0.3, 0.4) is 0 Å². The highest BCUT2D eigenvalue weighted by Crippen LogP contribution is 2.53. The van der Waals surface area contributed by atoms with E-state index in [1.165, 1.54) is 27.3 Å². The van der Waals surface area contributed by atoms with Crippen molar-refractivity contribution in [3.63, 3.8) is 0 Å². The lowest BCUT2D eigenvalue weighted by molar-refractivity contribution is -0.00000708. The van der Waals surface area contributed by atoms with Gasteiger partial charge < -0.3 is 12.4 Å². The molecule has 0 saturated heterocycles. The number of hydrogen-bond donors (Lipinski definition) is 0. The molecule has 0 radical (unpaired) electrons. The summed E-state index contributed by atoms with van der Waals surface area (Å²) in [5.41, 5.74) is 3.31. The number of nitrogens with zero attached hydrogens (tertiary/aromatic N) is 3. The minimum absolute atomic E-state index is 0. The fraction of sp³-hybridized carbons (Fsp3) is 0.0333. The zero-order valence-corrected chi connectivity index (χ0v) is 22.5. The third-order valence-corrected chi connectivity index (χ3v) is 11.4. The zero-order chi connectivity index (χ0) is 24.5. The molecule has 3 heterocycles. The van der Waals surface area contributed by atoms with E-state index in [9.17, 15) is 4.79 Å². The van der Waals surface area contributed by atoms with E-state index < -0.39 is 7.26 Å². The Balaban J connectivity index is 0.00000280. The Bertz CT molecular complexity index is 1680. The van der Waals surface area contributed by atoms with Crippen LogP contribution in [0.2, 0.25) is 0 Å². The molecule has 0 aliphatic rings. The van der Waals surface area contributed by atoms with Gasteiger partial charge in [-0.1, -0.05) is 48.5 Å². The number of halogens is 1. The van der Waals surface area contributed by atoms with E-state index in [0.29, 0.717) is 10.7 Å². The zero-order valence-electron chi connectivity index (χ0n) is 20.0. The summed E-state index contributed by atoms with van der Waals surface area (Å²) in [7, 11) is -2.00. The SMILES string of the molecule is C[P+](c1ccccc1)(c1ccccc1)c1ccccc1-c1cc(=O)n2c(-c3cccnc3)csc2n1.[Cl-]. The molecule has 0 unspecified atom stereocenters. The molecule has 0 bridgehead atoms. The average molecular weight is 540 g/mol. The molecule has 0 atom stereocenters. The Morgan fingerprint density at radius 3 is 2.11 bits per heavy atom. The lowest BCUT2D eigenvalue weighted by Crippen LogP contribution is -3.00. The predicted octanol–water partition coefficient (Wildman–Crippen LogP) is 2.41. The number of thiazole rings is 1. The molecule has 6 rings (SSSR count). The molecule has 6 aromatic rings. The molecule has 7 heteroatoms. The van der Waals surface area contributed by atoms with Crippen LogP contribution in [-0.2, 0) is 0 Å². The van der Waals surface area contributed by atoms with Crippen LogP contribution in [0.25, 0.3) is 27.5 Å². The lowest BCUT2D eigenvalue weighted by atomic mass is 10.1. The highest BCUT2D eigenvalue weighted by atomic mass is 35.5. The summed E-state index contributed by atoms with van der Waals surface area (Å²) >= 11 is 1.47. The molecule has 3 aromatic carbocycles. The van der Waals surface area contributed by atoms with Crippen molar-refractivity contribution >= 4 is 39.5 Å². The second-order valence-electron chi connectivity index (χ2n) is 8.65. The van der Waals surface area contributed by atoms with Crippen LogP contribution in [0.4, 0.5) is 0 Å². The highest BCUT2D eigenvalue weighted by molar-refractivity contribution is 7.95. The molecule has 0 aliphatic carbocycles. The number of benzene rings is 3. The van der Waals surface area contributed by atoms with Crippen molar-refractivity contribution in [2.75, 3.05) is 6.66 Å². The van der Waals surface area contributed by atoms with Gasteiger partial charge in [-0.3, -0.25) is 14.2 Å². The molecule has 4 nitrogen and oxygen atoms in total. The number of aromatic nitrogens is 3. The Hall–Kier alpha value is -3.63. The molecule has 0 amide bonds. The first kappa shape index (κ1) is 25.0. The van der Waals surface area contributed by atoms with Gasteiger partial charge in [-0.25, -0.2) is 4.98 Å². The first-order chi connectivity index (χ1) is 17.7. The summed E-state index contributed by atoms with van der Waals surface area (Å²) in [6.07, 6.45) is 3.50. The van der Waals surface area contributed by atoms with Crippen molar-refractivity contribution in [2.24, 2.45) is 0 Å². The van der Waals surface area contributed by atoms with Crippen LogP contribution in [0.1, 0.15) is 0 Å². The van der Waals surface area contributed by atoms with Crippen molar-refractivity contribution in [1.82, 2.24) is 14.4 Å². The molecular formula is C30H23ClN3OPS. The van der Waals surface area contributed by atoms with Gasteiger partial charge in [-0.05, 0) is 48.5 Å². The van der Waals surface area contributed by atoms with Gasteiger partial charge >= 0.3 is 0 Å². The number of rotatable bonds is 5. The standard InChI is InChI=1S/C30H23N3OPS.ClH/c1-35(23-12-4-2-5-13-23,24-14-6-3-7-15-24)28-17-9-8-16-25(28)26-19-29(34)33-27(21-36-30(33)32-26)22-11-10-18-31-20-22;/h2-21H,1H3;1H/q+1;/p-1. The van der Waals surface area contributed by atoms with E-state index in [1.54, 1.807) is 22.9 Å². The van der Waals surface area contributed by atoms with E-state index in [0.717, 1.165) is 16.8 Å². The second kappa shape index (κ2) is 10.4. The number of pyridine rings is 1. The minimum atomic E-state index is -2.00. The van der Waals surface area contributed by atoms with Gasteiger partial charge in [0.15, 0.2) is 4.96 Å². The van der Waals surface area contributed by atoms with Crippen LogP contribution in [0.5, 0.6) is 0 Å². The fourth-order valence-corrected chi connectivity index (χ4v) is 9.08. The molecule has 0 saturated carbocycles. The van der Waals surface area contributed by atoms with Crippen LogP contribution in [0, 0.1) is 0 Å². The molecule has 0 aliphatic heterocycles. The Morgan fingerprint density at radius 2 is 1.46 bits per heavy atom. The normalized spacial score (nSPS) is 11.3. The van der Waals surface area contributed by atoms with E-state index >= 15 is 0 Å². The first-order valence-corrected chi connectivity index (χ1v) is 14.8.